The molecular formula is C14H21NO. The second-order valence-corrected chi connectivity index (χ2v) is 6.16. The van der Waals surface area contributed by atoms with Gasteiger partial charge >= 0.3 is 0 Å². The van der Waals surface area contributed by atoms with Crippen LogP contribution >= 0.6 is 0 Å². The summed E-state index contributed by atoms with van der Waals surface area (Å²) in [6.07, 6.45) is 3.21. The smallest absolute Gasteiger partial charge is 0.0843 e. The standard InChI is InChI=1S/C14H21NO/c1-9-6-10(8-15-7-9)11(16)12-13(2,3)14(12,4)5/h6-8,11-12,16H,1-5H3. The van der Waals surface area contributed by atoms with Crippen molar-refractivity contribution in [3.63, 3.8) is 0 Å². The first-order valence-corrected chi connectivity index (χ1v) is 5.88. The van der Waals surface area contributed by atoms with Gasteiger partial charge in [0, 0.05) is 18.3 Å². The Kier molecular flexibility index (Phi) is 2.39. The lowest BCUT2D eigenvalue weighted by Gasteiger charge is -2.13. The van der Waals surface area contributed by atoms with Crippen molar-refractivity contribution in [2.24, 2.45) is 16.7 Å². The van der Waals surface area contributed by atoms with Crippen molar-refractivity contribution in [3.05, 3.63) is 29.6 Å². The summed E-state index contributed by atoms with van der Waals surface area (Å²) in [6, 6.07) is 2.03. The predicted molar refractivity (Wildman–Crippen MR) is 65.0 cm³/mol. The second-order valence-electron chi connectivity index (χ2n) is 6.16. The molecule has 1 aliphatic rings. The molecule has 1 atom stereocenters. The molecule has 1 N–H and O–H groups in total. The van der Waals surface area contributed by atoms with Crippen molar-refractivity contribution in [2.75, 3.05) is 0 Å². The summed E-state index contributed by atoms with van der Waals surface area (Å²) in [5, 5.41) is 10.4. The Labute approximate surface area is 97.7 Å². The molecule has 0 spiro atoms. The van der Waals surface area contributed by atoms with Gasteiger partial charge in [-0.25, -0.2) is 0 Å². The number of aliphatic hydroxyl groups is 1. The number of hydrogen-bond acceptors (Lipinski definition) is 2. The highest BCUT2D eigenvalue weighted by molar-refractivity contribution is 5.25. The van der Waals surface area contributed by atoms with Crippen LogP contribution in [0.15, 0.2) is 18.5 Å². The molecule has 1 aromatic heterocycles. The van der Waals surface area contributed by atoms with Crippen LogP contribution in [0.1, 0.15) is 44.9 Å². The van der Waals surface area contributed by atoms with Crippen LogP contribution in [0.4, 0.5) is 0 Å². The van der Waals surface area contributed by atoms with Gasteiger partial charge < -0.3 is 5.11 Å². The first-order chi connectivity index (χ1) is 7.28. The second kappa shape index (κ2) is 3.30. The van der Waals surface area contributed by atoms with Gasteiger partial charge in [0.05, 0.1) is 6.10 Å². The Morgan fingerprint density at radius 1 is 1.19 bits per heavy atom. The summed E-state index contributed by atoms with van der Waals surface area (Å²) < 4.78 is 0. The van der Waals surface area contributed by atoms with Gasteiger partial charge in [0.25, 0.3) is 0 Å². The number of hydrogen-bond donors (Lipinski definition) is 1. The molecule has 1 fully saturated rings. The van der Waals surface area contributed by atoms with Crippen LogP contribution in [-0.2, 0) is 0 Å². The highest BCUT2D eigenvalue weighted by Gasteiger charge is 2.67. The molecule has 1 aromatic rings. The maximum Gasteiger partial charge on any atom is 0.0843 e. The van der Waals surface area contributed by atoms with E-state index in [-0.39, 0.29) is 10.8 Å². The van der Waals surface area contributed by atoms with Crippen LogP contribution in [0.5, 0.6) is 0 Å². The third-order valence-corrected chi connectivity index (χ3v) is 4.69. The summed E-state index contributed by atoms with van der Waals surface area (Å²) in [4.78, 5) is 4.15. The average Bonchev–Trinajstić information content (AvgIpc) is 2.56. The maximum atomic E-state index is 10.4. The normalized spacial score (nSPS) is 24.1. The molecule has 1 unspecified atom stereocenters. The maximum absolute atomic E-state index is 10.4. The molecule has 0 radical (unpaired) electrons. The zero-order valence-corrected chi connectivity index (χ0v) is 10.8. The number of aliphatic hydroxyl groups excluding tert-OH is 1. The van der Waals surface area contributed by atoms with E-state index in [1.807, 2.05) is 19.2 Å². The molecule has 1 saturated carbocycles. The molecule has 1 aliphatic carbocycles. The fraction of sp³-hybridized carbons (Fsp3) is 0.643. The van der Waals surface area contributed by atoms with Crippen molar-refractivity contribution in [1.82, 2.24) is 4.98 Å². The fourth-order valence-electron chi connectivity index (χ4n) is 2.97. The molecule has 0 amide bonds. The van der Waals surface area contributed by atoms with Crippen LogP contribution in [0.2, 0.25) is 0 Å². The number of rotatable bonds is 2. The van der Waals surface area contributed by atoms with Gasteiger partial charge in [-0.15, -0.1) is 0 Å². The minimum Gasteiger partial charge on any atom is -0.388 e. The zero-order valence-electron chi connectivity index (χ0n) is 10.8. The third-order valence-electron chi connectivity index (χ3n) is 4.69. The average molecular weight is 219 g/mol. The van der Waals surface area contributed by atoms with Crippen molar-refractivity contribution < 1.29 is 5.11 Å². The van der Waals surface area contributed by atoms with Crippen LogP contribution in [0, 0.1) is 23.7 Å². The summed E-state index contributed by atoms with van der Waals surface area (Å²) in [5.41, 5.74) is 2.46. The van der Waals surface area contributed by atoms with Crippen LogP contribution in [-0.4, -0.2) is 10.1 Å². The predicted octanol–water partition coefficient (Wildman–Crippen LogP) is 3.11. The molecular weight excluding hydrogens is 198 g/mol. The Bertz CT molecular complexity index is 395. The molecule has 88 valence electrons. The van der Waals surface area contributed by atoms with Crippen LogP contribution in [0.3, 0.4) is 0 Å². The number of nitrogens with zero attached hydrogens (tertiary/aromatic N) is 1. The number of aryl methyl sites for hydroxylation is 1. The Balaban J connectivity index is 2.26. The summed E-state index contributed by atoms with van der Waals surface area (Å²) in [6.45, 7) is 10.9. The first-order valence-electron chi connectivity index (χ1n) is 5.88. The van der Waals surface area contributed by atoms with Crippen molar-refractivity contribution in [1.29, 1.82) is 0 Å². The quantitative estimate of drug-likeness (QED) is 0.829. The lowest BCUT2D eigenvalue weighted by molar-refractivity contribution is 0.130. The topological polar surface area (TPSA) is 33.1 Å². The Hall–Kier alpha value is -0.890. The highest BCUT2D eigenvalue weighted by Crippen LogP contribution is 2.72. The lowest BCUT2D eigenvalue weighted by Crippen LogP contribution is -2.06. The minimum atomic E-state index is -0.391. The van der Waals surface area contributed by atoms with Gasteiger partial charge in [0.2, 0.25) is 0 Å². The summed E-state index contributed by atoms with van der Waals surface area (Å²) >= 11 is 0. The Morgan fingerprint density at radius 3 is 2.19 bits per heavy atom. The number of aromatic nitrogens is 1. The van der Waals surface area contributed by atoms with Gasteiger partial charge in [-0.2, -0.15) is 0 Å². The first kappa shape index (κ1) is 11.6. The summed E-state index contributed by atoms with van der Waals surface area (Å²) in [5.74, 6) is 0.323. The van der Waals surface area contributed by atoms with E-state index in [0.29, 0.717) is 5.92 Å². The van der Waals surface area contributed by atoms with Gasteiger partial charge in [-0.05, 0) is 28.9 Å². The molecule has 0 saturated heterocycles. The molecule has 0 aliphatic heterocycles. The molecule has 2 nitrogen and oxygen atoms in total. The molecule has 2 heteroatoms. The molecule has 0 aromatic carbocycles. The lowest BCUT2D eigenvalue weighted by atomic mass is 10.0. The SMILES string of the molecule is Cc1cncc(C(O)C2C(C)(C)C2(C)C)c1. The minimum absolute atomic E-state index is 0.205. The highest BCUT2D eigenvalue weighted by atomic mass is 16.3. The van der Waals surface area contributed by atoms with Crippen molar-refractivity contribution in [2.45, 2.75) is 40.7 Å². The van der Waals surface area contributed by atoms with E-state index < -0.39 is 6.10 Å². The Morgan fingerprint density at radius 2 is 1.75 bits per heavy atom. The third kappa shape index (κ3) is 1.47. The van der Waals surface area contributed by atoms with Crippen molar-refractivity contribution >= 4 is 0 Å². The fourth-order valence-corrected chi connectivity index (χ4v) is 2.97. The van der Waals surface area contributed by atoms with Gasteiger partial charge in [-0.1, -0.05) is 33.8 Å². The monoisotopic (exact) mass is 219 g/mol. The molecule has 0 bridgehead atoms. The van der Waals surface area contributed by atoms with Crippen LogP contribution in [0.25, 0.3) is 0 Å². The molecule has 16 heavy (non-hydrogen) atoms. The van der Waals surface area contributed by atoms with E-state index in [0.717, 1.165) is 11.1 Å². The van der Waals surface area contributed by atoms with Crippen molar-refractivity contribution in [3.8, 4) is 0 Å². The van der Waals surface area contributed by atoms with E-state index >= 15 is 0 Å². The van der Waals surface area contributed by atoms with Gasteiger partial charge in [-0.3, -0.25) is 4.98 Å². The van der Waals surface area contributed by atoms with E-state index in [1.54, 1.807) is 6.20 Å². The van der Waals surface area contributed by atoms with Gasteiger partial charge in [0.1, 0.15) is 0 Å². The van der Waals surface area contributed by atoms with E-state index in [1.165, 1.54) is 0 Å². The largest absolute Gasteiger partial charge is 0.388 e. The van der Waals surface area contributed by atoms with E-state index in [9.17, 15) is 5.11 Å². The zero-order chi connectivity index (χ0) is 12.1. The van der Waals surface area contributed by atoms with Crippen LogP contribution < -0.4 is 0 Å². The summed E-state index contributed by atoms with van der Waals surface area (Å²) in [7, 11) is 0. The molecule has 1 heterocycles. The van der Waals surface area contributed by atoms with Gasteiger partial charge in [0.15, 0.2) is 0 Å². The van der Waals surface area contributed by atoms with E-state index in [2.05, 4.69) is 32.7 Å². The molecule has 2 rings (SSSR count). The number of pyridine rings is 1. The van der Waals surface area contributed by atoms with E-state index in [4.69, 9.17) is 0 Å².